The molecule has 0 spiro atoms. The Morgan fingerprint density at radius 2 is 1.93 bits per heavy atom. The van der Waals surface area contributed by atoms with Crippen LogP contribution in [0.3, 0.4) is 0 Å². The molecule has 0 aliphatic heterocycles. The van der Waals surface area contributed by atoms with Crippen molar-refractivity contribution in [2.45, 2.75) is 51.4 Å². The number of nitrogens with one attached hydrogen (secondary N) is 1. The maximum atomic E-state index is 11.5. The maximum Gasteiger partial charge on any atom is 0.220 e. The molecule has 1 aliphatic rings. The van der Waals surface area contributed by atoms with Gasteiger partial charge in [-0.3, -0.25) is 4.79 Å². The third kappa shape index (κ3) is 5.78. The lowest BCUT2D eigenvalue weighted by atomic mass is 10.0. The number of carbonyl (C=O) groups excluding carboxylic acids is 1. The van der Waals surface area contributed by atoms with E-state index in [0.717, 1.165) is 38.8 Å². The van der Waals surface area contributed by atoms with Crippen LogP contribution in [0.4, 0.5) is 0 Å². The van der Waals surface area contributed by atoms with Gasteiger partial charge in [-0.25, -0.2) is 0 Å². The average molecular weight is 212 g/mol. The van der Waals surface area contributed by atoms with Gasteiger partial charge in [0.15, 0.2) is 0 Å². The van der Waals surface area contributed by atoms with E-state index in [0.29, 0.717) is 5.92 Å². The van der Waals surface area contributed by atoms with Crippen LogP contribution >= 0.6 is 0 Å². The first kappa shape index (κ1) is 12.5. The summed E-state index contributed by atoms with van der Waals surface area (Å²) < 4.78 is 0. The fraction of sp³-hybridized carbons (Fsp3) is 0.917. The topological polar surface area (TPSA) is 55.1 Å². The molecule has 0 saturated heterocycles. The molecular weight excluding hydrogens is 188 g/mol. The molecule has 0 unspecified atom stereocenters. The number of carbonyl (C=O) groups is 1. The van der Waals surface area contributed by atoms with E-state index in [1.807, 2.05) is 0 Å². The summed E-state index contributed by atoms with van der Waals surface area (Å²) in [7, 11) is 0. The SMILES string of the molecule is NCCCCCNC(=O)CC1CCCC1. The molecule has 0 atom stereocenters. The highest BCUT2D eigenvalue weighted by Crippen LogP contribution is 2.27. The monoisotopic (exact) mass is 212 g/mol. The predicted molar refractivity (Wildman–Crippen MR) is 62.5 cm³/mol. The van der Waals surface area contributed by atoms with Gasteiger partial charge in [0.1, 0.15) is 0 Å². The van der Waals surface area contributed by atoms with Crippen LogP contribution in [0.15, 0.2) is 0 Å². The second kappa shape index (κ2) is 7.69. The summed E-state index contributed by atoms with van der Waals surface area (Å²) in [6.07, 6.45) is 9.13. The summed E-state index contributed by atoms with van der Waals surface area (Å²) in [6, 6.07) is 0. The van der Waals surface area contributed by atoms with Gasteiger partial charge in [0.2, 0.25) is 5.91 Å². The van der Waals surface area contributed by atoms with Gasteiger partial charge in [0.25, 0.3) is 0 Å². The summed E-state index contributed by atoms with van der Waals surface area (Å²) in [5, 5.41) is 2.99. The first-order chi connectivity index (χ1) is 7.33. The standard InChI is InChI=1S/C12H24N2O/c13-8-4-1-5-9-14-12(15)10-11-6-2-3-7-11/h11H,1-10,13H2,(H,14,15). The zero-order chi connectivity index (χ0) is 10.9. The minimum absolute atomic E-state index is 0.245. The highest BCUT2D eigenvalue weighted by molar-refractivity contribution is 5.76. The third-order valence-corrected chi connectivity index (χ3v) is 3.15. The number of hydrogen-bond acceptors (Lipinski definition) is 2. The van der Waals surface area contributed by atoms with Crippen molar-refractivity contribution in [1.82, 2.24) is 5.32 Å². The zero-order valence-corrected chi connectivity index (χ0v) is 9.63. The Balaban J connectivity index is 1.93. The first-order valence-electron chi connectivity index (χ1n) is 6.29. The Morgan fingerprint density at radius 3 is 2.60 bits per heavy atom. The summed E-state index contributed by atoms with van der Waals surface area (Å²) >= 11 is 0. The Bertz CT molecular complexity index is 176. The molecule has 15 heavy (non-hydrogen) atoms. The zero-order valence-electron chi connectivity index (χ0n) is 9.63. The highest BCUT2D eigenvalue weighted by Gasteiger charge is 2.17. The van der Waals surface area contributed by atoms with E-state index in [2.05, 4.69) is 5.32 Å². The highest BCUT2D eigenvalue weighted by atomic mass is 16.1. The molecular formula is C12H24N2O. The van der Waals surface area contributed by atoms with Crippen molar-refractivity contribution < 1.29 is 4.79 Å². The number of rotatable bonds is 7. The van der Waals surface area contributed by atoms with Gasteiger partial charge >= 0.3 is 0 Å². The molecule has 0 aromatic carbocycles. The van der Waals surface area contributed by atoms with Gasteiger partial charge in [0.05, 0.1) is 0 Å². The molecule has 0 bridgehead atoms. The van der Waals surface area contributed by atoms with E-state index in [-0.39, 0.29) is 5.91 Å². The first-order valence-corrected chi connectivity index (χ1v) is 6.29. The summed E-state index contributed by atoms with van der Waals surface area (Å²) in [6.45, 7) is 1.58. The van der Waals surface area contributed by atoms with Gasteiger partial charge in [-0.15, -0.1) is 0 Å². The van der Waals surface area contributed by atoms with Crippen molar-refractivity contribution in [3.63, 3.8) is 0 Å². The Morgan fingerprint density at radius 1 is 1.20 bits per heavy atom. The normalized spacial score (nSPS) is 16.9. The van der Waals surface area contributed by atoms with Crippen LogP contribution < -0.4 is 11.1 Å². The Kier molecular flexibility index (Phi) is 6.41. The lowest BCUT2D eigenvalue weighted by Crippen LogP contribution is -2.26. The largest absolute Gasteiger partial charge is 0.356 e. The molecule has 3 nitrogen and oxygen atoms in total. The molecule has 1 fully saturated rings. The lowest BCUT2D eigenvalue weighted by molar-refractivity contribution is -0.121. The van der Waals surface area contributed by atoms with Crippen molar-refractivity contribution >= 4 is 5.91 Å². The molecule has 0 aromatic rings. The fourth-order valence-electron chi connectivity index (χ4n) is 2.22. The van der Waals surface area contributed by atoms with Crippen LogP contribution in [0.2, 0.25) is 0 Å². The number of unbranched alkanes of at least 4 members (excludes halogenated alkanes) is 2. The van der Waals surface area contributed by atoms with Crippen LogP contribution in [0.25, 0.3) is 0 Å². The Hall–Kier alpha value is -0.570. The fourth-order valence-corrected chi connectivity index (χ4v) is 2.22. The smallest absolute Gasteiger partial charge is 0.220 e. The molecule has 1 amide bonds. The summed E-state index contributed by atoms with van der Waals surface area (Å²) in [5.41, 5.74) is 5.39. The van der Waals surface area contributed by atoms with E-state index in [4.69, 9.17) is 5.73 Å². The average Bonchev–Trinajstić information content (AvgIpc) is 2.70. The van der Waals surface area contributed by atoms with Crippen molar-refractivity contribution in [3.05, 3.63) is 0 Å². The molecule has 3 heteroatoms. The second-order valence-electron chi connectivity index (χ2n) is 4.55. The molecule has 0 heterocycles. The van der Waals surface area contributed by atoms with Crippen LogP contribution in [0, 0.1) is 5.92 Å². The molecule has 1 aliphatic carbocycles. The lowest BCUT2D eigenvalue weighted by Gasteiger charge is -2.09. The van der Waals surface area contributed by atoms with Crippen molar-refractivity contribution in [2.75, 3.05) is 13.1 Å². The minimum Gasteiger partial charge on any atom is -0.356 e. The molecule has 1 rings (SSSR count). The van der Waals surface area contributed by atoms with E-state index < -0.39 is 0 Å². The summed E-state index contributed by atoms with van der Waals surface area (Å²) in [5.74, 6) is 0.906. The maximum absolute atomic E-state index is 11.5. The van der Waals surface area contributed by atoms with E-state index in [1.165, 1.54) is 25.7 Å². The van der Waals surface area contributed by atoms with Crippen LogP contribution in [-0.2, 0) is 4.79 Å². The second-order valence-corrected chi connectivity index (χ2v) is 4.55. The number of nitrogens with two attached hydrogens (primary N) is 1. The number of hydrogen-bond donors (Lipinski definition) is 2. The molecule has 88 valence electrons. The molecule has 0 aromatic heterocycles. The van der Waals surface area contributed by atoms with Crippen LogP contribution in [-0.4, -0.2) is 19.0 Å². The van der Waals surface area contributed by atoms with Gasteiger partial charge in [-0.1, -0.05) is 19.3 Å². The molecule has 0 radical (unpaired) electrons. The summed E-state index contributed by atoms with van der Waals surface area (Å²) in [4.78, 5) is 11.5. The van der Waals surface area contributed by atoms with E-state index in [1.54, 1.807) is 0 Å². The molecule has 3 N–H and O–H groups in total. The minimum atomic E-state index is 0.245. The Labute approximate surface area is 92.8 Å². The van der Waals surface area contributed by atoms with Gasteiger partial charge in [0, 0.05) is 13.0 Å². The molecule has 1 saturated carbocycles. The predicted octanol–water partition coefficient (Wildman–Crippen LogP) is 1.81. The van der Waals surface area contributed by atoms with Crippen LogP contribution in [0.5, 0.6) is 0 Å². The van der Waals surface area contributed by atoms with Crippen molar-refractivity contribution in [2.24, 2.45) is 11.7 Å². The van der Waals surface area contributed by atoms with Crippen LogP contribution in [0.1, 0.15) is 51.4 Å². The van der Waals surface area contributed by atoms with E-state index >= 15 is 0 Å². The van der Waals surface area contributed by atoms with Crippen molar-refractivity contribution in [1.29, 1.82) is 0 Å². The van der Waals surface area contributed by atoms with Crippen molar-refractivity contribution in [3.8, 4) is 0 Å². The quantitative estimate of drug-likeness (QED) is 0.632. The third-order valence-electron chi connectivity index (χ3n) is 3.15. The van der Waals surface area contributed by atoms with Gasteiger partial charge in [-0.05, 0) is 38.1 Å². The van der Waals surface area contributed by atoms with Gasteiger partial charge < -0.3 is 11.1 Å². The van der Waals surface area contributed by atoms with Gasteiger partial charge in [-0.2, -0.15) is 0 Å². The van der Waals surface area contributed by atoms with E-state index in [9.17, 15) is 4.79 Å². The number of amides is 1.